The molecule has 0 aromatic heterocycles. The van der Waals surface area contributed by atoms with Crippen molar-refractivity contribution in [2.24, 2.45) is 35.3 Å². The van der Waals surface area contributed by atoms with Gasteiger partial charge in [-0.05, 0) is 108 Å². The van der Waals surface area contributed by atoms with Crippen LogP contribution in [-0.2, 0) is 66.5 Å². The second-order valence-electron chi connectivity index (χ2n) is 22.8. The number of nitrogens with zero attached hydrogens (tertiary/aromatic N) is 1. The largest absolute Gasteiger partial charge is 0.459 e. The lowest BCUT2D eigenvalue weighted by Gasteiger charge is -2.42. The summed E-state index contributed by atoms with van der Waals surface area (Å²) in [4.78, 5) is 71.3. The second-order valence-corrected chi connectivity index (χ2v) is 22.8. The van der Waals surface area contributed by atoms with Gasteiger partial charge in [0.15, 0.2) is 5.78 Å². The number of cyclic esters (lactones) is 1. The molecule has 0 unspecified atom stereocenters. The average molecular weight is 1160 g/mol. The quantitative estimate of drug-likeness (QED) is 0.0436. The van der Waals surface area contributed by atoms with Crippen molar-refractivity contribution in [2.75, 3.05) is 87.3 Å². The van der Waals surface area contributed by atoms with Gasteiger partial charge in [-0.1, -0.05) is 64.2 Å². The molecule has 6 N–H and O–H groups in total. The Hall–Kier alpha value is -3.97. The fourth-order valence-corrected chi connectivity index (χ4v) is 11.4. The number of piperidine rings is 1. The number of ether oxygens (including phenoxy) is 10. The van der Waals surface area contributed by atoms with Gasteiger partial charge in [-0.2, -0.15) is 0 Å². The molecule has 0 aromatic carbocycles. The fourth-order valence-electron chi connectivity index (χ4n) is 11.4. The summed E-state index contributed by atoms with van der Waals surface area (Å²) >= 11 is 0. The van der Waals surface area contributed by atoms with E-state index in [1.807, 2.05) is 58.1 Å². The van der Waals surface area contributed by atoms with E-state index in [-0.39, 0.29) is 50.2 Å². The maximum atomic E-state index is 14.6. The monoisotopic (exact) mass is 1160 g/mol. The number of carbonyl (C=O) groups excluding carboxylic acids is 5. The predicted octanol–water partition coefficient (Wildman–Crippen LogP) is 5.48. The first-order valence-corrected chi connectivity index (χ1v) is 29.8. The molecule has 21 heteroatoms. The summed E-state index contributed by atoms with van der Waals surface area (Å²) in [6, 6.07) is -2.07. The minimum absolute atomic E-state index is 0.00244. The van der Waals surface area contributed by atoms with E-state index in [4.69, 9.17) is 53.1 Å². The number of rotatable bonds is 20. The van der Waals surface area contributed by atoms with Gasteiger partial charge < -0.3 is 78.6 Å². The number of hydrogen-bond acceptors (Lipinski definition) is 19. The van der Waals surface area contributed by atoms with Crippen molar-refractivity contribution in [3.05, 3.63) is 47.6 Å². The number of hydrogen-bond donors (Lipinski definition) is 5. The second kappa shape index (κ2) is 36.8. The van der Waals surface area contributed by atoms with Crippen LogP contribution in [0.2, 0.25) is 0 Å². The number of Topliss-reactive ketones (excluding diaryl/α,β-unsaturated/α-hetero) is 2. The number of carbonyl (C=O) groups is 5. The zero-order valence-electron chi connectivity index (χ0n) is 50.7. The highest BCUT2D eigenvalue weighted by atomic mass is 16.6. The van der Waals surface area contributed by atoms with Crippen molar-refractivity contribution in [3.8, 4) is 0 Å². The summed E-state index contributed by atoms with van der Waals surface area (Å²) in [7, 11) is 4.48. The van der Waals surface area contributed by atoms with Crippen molar-refractivity contribution in [2.45, 2.75) is 192 Å². The van der Waals surface area contributed by atoms with Crippen LogP contribution in [0.4, 0.5) is 4.79 Å². The summed E-state index contributed by atoms with van der Waals surface area (Å²) in [6.07, 6.45) is 8.12. The Bertz CT molecular complexity index is 2090. The summed E-state index contributed by atoms with van der Waals surface area (Å²) in [5.74, 6) is -7.75. The van der Waals surface area contributed by atoms with Crippen LogP contribution in [0, 0.1) is 29.6 Å². The zero-order chi connectivity index (χ0) is 60.4. The standard InChI is InChI=1S/C61H101N3O18/c1-11-76-27-28-78-31-32-79-30-29-77-26-24-63-60(71)81-50-23-21-45(36-53(50)74-9)35-47(62)52-38-49(65)41(4)34-43(6)55(67)56(75-10)54(66)42(5)33-39(2)17-13-12-14-18-40(3)51(73-8)37-46-22-20-44(7)61(72,82-46)57(68)58(69)64-25-16-15-19-48(64)59(70)80-52/h12-14,17-18,34,39,41-42,44-53,55-56,65,67,72H,11,15-16,19-33,35-38,62H2,1-10H3,(H,63,71)/b14-12+,17-13+,40-18+,43-34+/t39-,41-,42-,44-,45+,46+,47-,48+,49-,50-,51+,52+,53-,55-,56+,61-/m1/s1. The van der Waals surface area contributed by atoms with Crippen LogP contribution in [0.3, 0.4) is 0 Å². The molecule has 2 saturated heterocycles. The van der Waals surface area contributed by atoms with Crippen molar-refractivity contribution >= 4 is 29.5 Å². The topological polar surface area (TPSA) is 280 Å². The van der Waals surface area contributed by atoms with Gasteiger partial charge in [0.25, 0.3) is 11.7 Å². The van der Waals surface area contributed by atoms with Crippen LogP contribution in [0.5, 0.6) is 0 Å². The maximum Gasteiger partial charge on any atom is 0.407 e. The van der Waals surface area contributed by atoms with Crippen LogP contribution in [-0.4, -0.2) is 204 Å². The number of amides is 2. The van der Waals surface area contributed by atoms with Gasteiger partial charge in [-0.3, -0.25) is 14.4 Å². The molecule has 0 radical (unpaired) electrons. The molecule has 4 aliphatic rings. The first-order chi connectivity index (χ1) is 39.2. The molecule has 468 valence electrons. The number of alkyl carbamates (subject to hydrolysis) is 1. The molecule has 82 heavy (non-hydrogen) atoms. The van der Waals surface area contributed by atoms with Crippen molar-refractivity contribution in [3.63, 3.8) is 0 Å². The molecule has 2 amide bonds. The highest BCUT2D eigenvalue weighted by Gasteiger charge is 2.53. The molecular formula is C61H101N3O18. The van der Waals surface area contributed by atoms with Crippen LogP contribution >= 0.6 is 0 Å². The van der Waals surface area contributed by atoms with E-state index in [1.165, 1.54) is 7.11 Å². The van der Waals surface area contributed by atoms with E-state index in [0.29, 0.717) is 116 Å². The molecule has 2 bridgehead atoms. The van der Waals surface area contributed by atoms with Crippen molar-refractivity contribution in [1.29, 1.82) is 0 Å². The molecule has 21 nitrogen and oxygen atoms in total. The molecule has 16 atom stereocenters. The van der Waals surface area contributed by atoms with E-state index >= 15 is 0 Å². The van der Waals surface area contributed by atoms with Gasteiger partial charge in [-0.15, -0.1) is 0 Å². The molecule has 1 saturated carbocycles. The predicted molar refractivity (Wildman–Crippen MR) is 306 cm³/mol. The number of aliphatic hydroxyl groups excluding tert-OH is 2. The number of nitrogens with two attached hydrogens (primary N) is 1. The molecule has 1 aliphatic carbocycles. The Morgan fingerprint density at radius 1 is 0.793 bits per heavy atom. The lowest BCUT2D eigenvalue weighted by molar-refractivity contribution is -0.265. The average Bonchev–Trinajstić information content (AvgIpc) is 3.40. The van der Waals surface area contributed by atoms with E-state index < -0.39 is 108 Å². The SMILES string of the molecule is CCOCCOCCOCCOCCNC(=O)O[C@@H]1CC[C@@H](C[C@@H](N)[C@@H]2C[C@@H](O)[C@H](C)/C=C(\C)[C@@H](O)[C@@H](OC)C(=O)[C@H](C)C[C@H](C)/C=C/C=C/C=C(\C)[C@@H](OC)C[C@@H]3CC[C@@H](C)[C@@](O)(O3)C(=O)C(=O)N3CCCC[C@H]3C(=O)O2)C[C@H]1OC. The third kappa shape index (κ3) is 22.1. The van der Waals surface area contributed by atoms with Gasteiger partial charge >= 0.3 is 12.1 Å². The lowest BCUT2D eigenvalue weighted by atomic mass is 9.80. The van der Waals surface area contributed by atoms with E-state index in [2.05, 4.69) is 5.32 Å². The number of ketones is 2. The summed E-state index contributed by atoms with van der Waals surface area (Å²) < 4.78 is 57.3. The zero-order valence-corrected chi connectivity index (χ0v) is 50.7. The Labute approximate surface area is 487 Å². The van der Waals surface area contributed by atoms with E-state index in [0.717, 1.165) is 10.5 Å². The minimum Gasteiger partial charge on any atom is -0.459 e. The van der Waals surface area contributed by atoms with E-state index in [9.17, 15) is 39.3 Å². The van der Waals surface area contributed by atoms with Crippen LogP contribution in [0.1, 0.15) is 126 Å². The van der Waals surface area contributed by atoms with Gasteiger partial charge in [-0.25, -0.2) is 9.59 Å². The molecule has 0 aromatic rings. The Balaban J connectivity index is 1.53. The Kier molecular flexibility index (Phi) is 31.6. The van der Waals surface area contributed by atoms with Gasteiger partial charge in [0.05, 0.1) is 70.7 Å². The molecule has 4 rings (SSSR count). The molecule has 3 heterocycles. The van der Waals surface area contributed by atoms with Crippen molar-refractivity contribution in [1.82, 2.24) is 10.2 Å². The van der Waals surface area contributed by atoms with Crippen LogP contribution < -0.4 is 11.1 Å². The van der Waals surface area contributed by atoms with Gasteiger partial charge in [0.2, 0.25) is 5.79 Å². The fraction of sp³-hybridized carbons (Fsp3) is 0.787. The minimum atomic E-state index is -2.47. The van der Waals surface area contributed by atoms with Crippen LogP contribution in [0.25, 0.3) is 0 Å². The van der Waals surface area contributed by atoms with E-state index in [1.54, 1.807) is 41.1 Å². The highest BCUT2D eigenvalue weighted by Crippen LogP contribution is 2.37. The third-order valence-electron chi connectivity index (χ3n) is 16.5. The first-order valence-electron chi connectivity index (χ1n) is 29.8. The molecule has 3 aliphatic heterocycles. The number of esters is 1. The molecule has 0 spiro atoms. The van der Waals surface area contributed by atoms with Crippen LogP contribution in [0.15, 0.2) is 47.6 Å². The Morgan fingerprint density at radius 2 is 1.48 bits per heavy atom. The first kappa shape index (κ1) is 70.5. The molecule has 3 fully saturated rings. The smallest absolute Gasteiger partial charge is 0.407 e. The molecular weight excluding hydrogens is 1060 g/mol. The number of nitrogens with one attached hydrogen (secondary N) is 1. The normalized spacial score (nSPS) is 35.3. The Morgan fingerprint density at radius 3 is 2.13 bits per heavy atom. The van der Waals surface area contributed by atoms with Gasteiger partial charge in [0.1, 0.15) is 30.5 Å². The summed E-state index contributed by atoms with van der Waals surface area (Å²) in [5.41, 5.74) is 8.29. The number of methoxy groups -OCH3 is 3. The summed E-state index contributed by atoms with van der Waals surface area (Å²) in [6.45, 7) is 16.5. The summed E-state index contributed by atoms with van der Waals surface area (Å²) in [5, 5.41) is 38.3. The lowest BCUT2D eigenvalue weighted by Crippen LogP contribution is -2.61. The maximum absolute atomic E-state index is 14.6. The highest BCUT2D eigenvalue weighted by molar-refractivity contribution is 6.39. The number of allylic oxidation sites excluding steroid dienone is 5. The van der Waals surface area contributed by atoms with Gasteiger partial charge in [0, 0.05) is 77.7 Å². The number of aliphatic hydroxyl groups is 3. The third-order valence-corrected chi connectivity index (χ3v) is 16.5. The number of fused-ring (bicyclic) bond motifs is 3. The van der Waals surface area contributed by atoms with Crippen molar-refractivity contribution < 1.29 is 86.7 Å².